The van der Waals surface area contributed by atoms with E-state index in [0.29, 0.717) is 24.0 Å². The summed E-state index contributed by atoms with van der Waals surface area (Å²) < 4.78 is 43.8. The van der Waals surface area contributed by atoms with E-state index in [9.17, 15) is 23.1 Å². The van der Waals surface area contributed by atoms with Gasteiger partial charge in [0, 0.05) is 38.2 Å². The highest BCUT2D eigenvalue weighted by molar-refractivity contribution is 5.94. The van der Waals surface area contributed by atoms with Gasteiger partial charge in [-0.2, -0.15) is 13.2 Å². The number of halogens is 3. The third-order valence-electron chi connectivity index (χ3n) is 4.55. The number of hydrogen-bond acceptors (Lipinski definition) is 4. The number of carbonyl (C=O) groups excluding carboxylic acids is 1. The summed E-state index contributed by atoms with van der Waals surface area (Å²) in [6, 6.07) is 3.15. The van der Waals surface area contributed by atoms with E-state index in [1.807, 2.05) is 0 Å². The second-order valence-electron chi connectivity index (χ2n) is 6.46. The van der Waals surface area contributed by atoms with Crippen LogP contribution in [-0.2, 0) is 0 Å². The van der Waals surface area contributed by atoms with E-state index in [1.165, 1.54) is 11.1 Å². The van der Waals surface area contributed by atoms with Crippen molar-refractivity contribution in [1.82, 2.24) is 9.88 Å². The van der Waals surface area contributed by atoms with Gasteiger partial charge in [-0.05, 0) is 24.8 Å². The second-order valence-corrected chi connectivity index (χ2v) is 6.46. The van der Waals surface area contributed by atoms with Crippen molar-refractivity contribution in [1.29, 1.82) is 0 Å². The SMILES string of the molecule is O=C(c1ccc(OCC2CC2)nc1)N1CCC(O)(C(F)(F)F)CC1. The van der Waals surface area contributed by atoms with Gasteiger partial charge in [-0.15, -0.1) is 0 Å². The Balaban J connectivity index is 1.56. The van der Waals surface area contributed by atoms with E-state index in [0.717, 1.165) is 12.8 Å². The number of alkyl halides is 3. The lowest BCUT2D eigenvalue weighted by molar-refractivity contribution is -0.271. The molecule has 0 unspecified atom stereocenters. The summed E-state index contributed by atoms with van der Waals surface area (Å²) in [6.45, 7) is 0.325. The first-order chi connectivity index (χ1) is 11.3. The van der Waals surface area contributed by atoms with Crippen LogP contribution < -0.4 is 4.74 Å². The van der Waals surface area contributed by atoms with E-state index in [2.05, 4.69) is 4.98 Å². The Morgan fingerprint density at radius 3 is 2.50 bits per heavy atom. The molecule has 1 saturated heterocycles. The maximum absolute atomic E-state index is 12.8. The third kappa shape index (κ3) is 3.63. The zero-order valence-electron chi connectivity index (χ0n) is 13.1. The van der Waals surface area contributed by atoms with E-state index >= 15 is 0 Å². The van der Waals surface area contributed by atoms with Crippen LogP contribution in [0.5, 0.6) is 5.88 Å². The summed E-state index contributed by atoms with van der Waals surface area (Å²) in [7, 11) is 0. The van der Waals surface area contributed by atoms with Crippen LogP contribution in [0, 0.1) is 5.92 Å². The van der Waals surface area contributed by atoms with Crippen molar-refractivity contribution in [2.24, 2.45) is 5.92 Å². The van der Waals surface area contributed by atoms with Gasteiger partial charge in [-0.1, -0.05) is 0 Å². The van der Waals surface area contributed by atoms with Gasteiger partial charge in [0.2, 0.25) is 5.88 Å². The molecule has 0 radical (unpaired) electrons. The maximum atomic E-state index is 12.8. The first-order valence-corrected chi connectivity index (χ1v) is 7.96. The van der Waals surface area contributed by atoms with E-state index in [1.54, 1.807) is 12.1 Å². The summed E-state index contributed by atoms with van der Waals surface area (Å²) in [5.41, 5.74) is -2.41. The first kappa shape index (κ1) is 17.0. The summed E-state index contributed by atoms with van der Waals surface area (Å²) in [5, 5.41) is 9.63. The first-order valence-electron chi connectivity index (χ1n) is 7.96. The third-order valence-corrected chi connectivity index (χ3v) is 4.55. The zero-order chi connectivity index (χ0) is 17.4. The lowest BCUT2D eigenvalue weighted by Crippen LogP contribution is -2.54. The molecule has 3 rings (SSSR count). The normalized spacial score (nSPS) is 20.8. The van der Waals surface area contributed by atoms with Crippen LogP contribution >= 0.6 is 0 Å². The number of aliphatic hydroxyl groups is 1. The van der Waals surface area contributed by atoms with Crippen molar-refractivity contribution in [3.8, 4) is 5.88 Å². The maximum Gasteiger partial charge on any atom is 0.417 e. The standard InChI is InChI=1S/C16H19F3N2O3/c17-16(18,19)15(23)5-7-21(8-6-15)14(22)12-3-4-13(20-9-12)24-10-11-1-2-11/h3-4,9,11,23H,1-2,5-8,10H2. The predicted octanol–water partition coefficient (Wildman–Crippen LogP) is 2.40. The van der Waals surface area contributed by atoms with Crippen LogP contribution in [0.2, 0.25) is 0 Å². The number of ether oxygens (including phenoxy) is 1. The Kier molecular flexibility index (Phi) is 4.42. The molecule has 132 valence electrons. The molecule has 1 aliphatic carbocycles. The summed E-state index contributed by atoms with van der Waals surface area (Å²) in [6.07, 6.45) is -2.01. The zero-order valence-corrected chi connectivity index (χ0v) is 13.1. The van der Waals surface area contributed by atoms with Crippen LogP contribution in [0.3, 0.4) is 0 Å². The molecular formula is C16H19F3N2O3. The molecule has 1 amide bonds. The van der Waals surface area contributed by atoms with Gasteiger partial charge in [0.05, 0.1) is 12.2 Å². The molecule has 8 heteroatoms. The van der Waals surface area contributed by atoms with E-state index < -0.39 is 24.6 Å². The molecule has 0 spiro atoms. The van der Waals surface area contributed by atoms with Crippen molar-refractivity contribution in [3.63, 3.8) is 0 Å². The molecule has 1 N–H and O–H groups in total. The smallest absolute Gasteiger partial charge is 0.417 e. The molecular weight excluding hydrogens is 325 g/mol. The van der Waals surface area contributed by atoms with Crippen LogP contribution in [0.1, 0.15) is 36.0 Å². The van der Waals surface area contributed by atoms with E-state index in [-0.39, 0.29) is 19.0 Å². The molecule has 0 bridgehead atoms. The molecule has 5 nitrogen and oxygen atoms in total. The van der Waals surface area contributed by atoms with Gasteiger partial charge in [0.1, 0.15) is 0 Å². The Labute approximate surface area is 137 Å². The molecule has 0 atom stereocenters. The summed E-state index contributed by atoms with van der Waals surface area (Å²) >= 11 is 0. The molecule has 2 fully saturated rings. The molecule has 2 heterocycles. The lowest BCUT2D eigenvalue weighted by atomic mass is 9.90. The Bertz CT molecular complexity index is 592. The molecule has 1 aliphatic heterocycles. The fourth-order valence-corrected chi connectivity index (χ4v) is 2.63. The number of likely N-dealkylation sites (tertiary alicyclic amines) is 1. The van der Waals surface area contributed by atoms with Crippen molar-refractivity contribution in [2.75, 3.05) is 19.7 Å². The Morgan fingerprint density at radius 2 is 2.00 bits per heavy atom. The van der Waals surface area contributed by atoms with Gasteiger partial charge < -0.3 is 14.7 Å². The van der Waals surface area contributed by atoms with Crippen molar-refractivity contribution in [3.05, 3.63) is 23.9 Å². The number of aromatic nitrogens is 1. The number of amides is 1. The lowest BCUT2D eigenvalue weighted by Gasteiger charge is -2.39. The number of piperidine rings is 1. The summed E-state index contributed by atoms with van der Waals surface area (Å²) in [4.78, 5) is 17.7. The average Bonchev–Trinajstić information content (AvgIpc) is 3.37. The molecule has 2 aliphatic rings. The highest BCUT2D eigenvalue weighted by Gasteiger charge is 2.54. The predicted molar refractivity (Wildman–Crippen MR) is 78.6 cm³/mol. The minimum Gasteiger partial charge on any atom is -0.477 e. The summed E-state index contributed by atoms with van der Waals surface area (Å²) in [5.74, 6) is 0.637. The van der Waals surface area contributed by atoms with Crippen molar-refractivity contribution >= 4 is 5.91 Å². The highest BCUT2D eigenvalue weighted by atomic mass is 19.4. The van der Waals surface area contributed by atoms with Gasteiger partial charge in [0.15, 0.2) is 5.60 Å². The molecule has 1 aromatic heterocycles. The molecule has 1 aromatic rings. The number of carbonyl (C=O) groups is 1. The Hall–Kier alpha value is -1.83. The quantitative estimate of drug-likeness (QED) is 0.911. The fourth-order valence-electron chi connectivity index (χ4n) is 2.63. The van der Waals surface area contributed by atoms with Gasteiger partial charge in [-0.25, -0.2) is 4.98 Å². The van der Waals surface area contributed by atoms with Gasteiger partial charge in [-0.3, -0.25) is 4.79 Å². The fraction of sp³-hybridized carbons (Fsp3) is 0.625. The van der Waals surface area contributed by atoms with Crippen LogP contribution in [-0.4, -0.2) is 52.4 Å². The Morgan fingerprint density at radius 1 is 1.33 bits per heavy atom. The topological polar surface area (TPSA) is 62.7 Å². The largest absolute Gasteiger partial charge is 0.477 e. The number of rotatable bonds is 4. The average molecular weight is 344 g/mol. The van der Waals surface area contributed by atoms with Crippen LogP contribution in [0.4, 0.5) is 13.2 Å². The second kappa shape index (κ2) is 6.23. The monoisotopic (exact) mass is 344 g/mol. The van der Waals surface area contributed by atoms with Crippen LogP contribution in [0.15, 0.2) is 18.3 Å². The minimum absolute atomic E-state index is 0.144. The van der Waals surface area contributed by atoms with Crippen molar-refractivity contribution < 1.29 is 27.8 Å². The minimum atomic E-state index is -4.68. The molecule has 0 aromatic carbocycles. The number of hydrogen-bond donors (Lipinski definition) is 1. The van der Waals surface area contributed by atoms with Gasteiger partial charge >= 0.3 is 6.18 Å². The van der Waals surface area contributed by atoms with Gasteiger partial charge in [0.25, 0.3) is 5.91 Å². The van der Waals surface area contributed by atoms with Crippen LogP contribution in [0.25, 0.3) is 0 Å². The molecule has 1 saturated carbocycles. The van der Waals surface area contributed by atoms with E-state index in [4.69, 9.17) is 4.74 Å². The number of pyridine rings is 1. The highest BCUT2D eigenvalue weighted by Crippen LogP contribution is 2.38. The van der Waals surface area contributed by atoms with Crippen molar-refractivity contribution in [2.45, 2.75) is 37.5 Å². The number of nitrogens with zero attached hydrogens (tertiary/aromatic N) is 2. The molecule has 24 heavy (non-hydrogen) atoms.